The van der Waals surface area contributed by atoms with Crippen molar-refractivity contribution in [3.05, 3.63) is 76.7 Å². The van der Waals surface area contributed by atoms with Crippen LogP contribution in [0.15, 0.2) is 42.7 Å². The Morgan fingerprint density at radius 2 is 1.97 bits per heavy atom. The van der Waals surface area contributed by atoms with Crippen LogP contribution < -0.4 is 11.1 Å². The number of fused-ring (bicyclic) bond motifs is 1. The van der Waals surface area contributed by atoms with Crippen LogP contribution in [0.25, 0.3) is 11.0 Å². The van der Waals surface area contributed by atoms with Gasteiger partial charge in [-0.05, 0) is 55.2 Å². The molecule has 0 aliphatic carbocycles. The average Bonchev–Trinajstić information content (AvgIpc) is 3.49. The van der Waals surface area contributed by atoms with E-state index >= 15 is 0 Å². The molecular weight excluding hydrogens is 480 g/mol. The van der Waals surface area contributed by atoms with Crippen molar-refractivity contribution in [2.24, 2.45) is 0 Å². The van der Waals surface area contributed by atoms with Crippen molar-refractivity contribution in [1.29, 1.82) is 0 Å². The quantitative estimate of drug-likeness (QED) is 0.403. The van der Waals surface area contributed by atoms with E-state index in [0.29, 0.717) is 52.3 Å². The lowest BCUT2D eigenvalue weighted by atomic mass is 10.0. The second-order valence-electron chi connectivity index (χ2n) is 8.50. The highest BCUT2D eigenvalue weighted by Crippen LogP contribution is 2.32. The van der Waals surface area contributed by atoms with Crippen molar-refractivity contribution in [1.82, 2.24) is 24.8 Å². The summed E-state index contributed by atoms with van der Waals surface area (Å²) in [6, 6.07) is 7.29. The molecule has 2 amide bonds. The number of aromatic nitrogens is 4. The van der Waals surface area contributed by atoms with Crippen LogP contribution in [-0.4, -0.2) is 37.4 Å². The first-order valence-electron chi connectivity index (χ1n) is 11.6. The summed E-state index contributed by atoms with van der Waals surface area (Å²) in [5.41, 5.74) is 9.47. The lowest BCUT2D eigenvalue weighted by molar-refractivity contribution is -0.0830. The SMILES string of the molecule is CCn1nc(C#Cc2cc(NC(=O)N3OCC[C@@H]3c3cc(F)cc(F)c3)ccc2C)c2c(N)ncnc21. The fourth-order valence-electron chi connectivity index (χ4n) is 4.22. The molecule has 1 aliphatic heterocycles. The maximum absolute atomic E-state index is 13.7. The molecule has 3 heterocycles. The number of aryl methyl sites for hydroxylation is 2. The monoisotopic (exact) mass is 503 g/mol. The van der Waals surface area contributed by atoms with Crippen molar-refractivity contribution < 1.29 is 18.4 Å². The van der Waals surface area contributed by atoms with Gasteiger partial charge in [-0.2, -0.15) is 10.2 Å². The molecule has 1 fully saturated rings. The zero-order chi connectivity index (χ0) is 26.1. The van der Waals surface area contributed by atoms with Gasteiger partial charge in [-0.3, -0.25) is 4.84 Å². The van der Waals surface area contributed by atoms with Crippen LogP contribution in [0.5, 0.6) is 0 Å². The third kappa shape index (κ3) is 4.79. The molecule has 1 aliphatic rings. The molecule has 5 rings (SSSR count). The molecule has 11 heteroatoms. The normalized spacial score (nSPS) is 15.0. The number of hydroxylamine groups is 2. The van der Waals surface area contributed by atoms with Crippen LogP contribution in [0.2, 0.25) is 0 Å². The molecule has 2 aromatic carbocycles. The summed E-state index contributed by atoms with van der Waals surface area (Å²) in [6.07, 6.45) is 1.80. The van der Waals surface area contributed by atoms with Gasteiger partial charge in [-0.1, -0.05) is 12.0 Å². The molecule has 1 saturated heterocycles. The van der Waals surface area contributed by atoms with Gasteiger partial charge in [-0.25, -0.2) is 28.2 Å². The lowest BCUT2D eigenvalue weighted by Gasteiger charge is -2.23. The molecule has 37 heavy (non-hydrogen) atoms. The minimum Gasteiger partial charge on any atom is -0.383 e. The Kier molecular flexibility index (Phi) is 6.42. The van der Waals surface area contributed by atoms with Gasteiger partial charge in [-0.15, -0.1) is 0 Å². The second kappa shape index (κ2) is 9.83. The van der Waals surface area contributed by atoms with E-state index in [4.69, 9.17) is 10.6 Å². The molecule has 0 saturated carbocycles. The van der Waals surface area contributed by atoms with E-state index < -0.39 is 23.7 Å². The van der Waals surface area contributed by atoms with Gasteiger partial charge in [0.1, 0.15) is 29.5 Å². The largest absolute Gasteiger partial charge is 0.383 e. The van der Waals surface area contributed by atoms with Crippen molar-refractivity contribution >= 4 is 28.6 Å². The number of benzene rings is 2. The Bertz CT molecular complexity index is 1550. The number of urea groups is 1. The molecule has 9 nitrogen and oxygen atoms in total. The number of hydrogen-bond acceptors (Lipinski definition) is 6. The van der Waals surface area contributed by atoms with Crippen LogP contribution >= 0.6 is 0 Å². The van der Waals surface area contributed by atoms with E-state index in [-0.39, 0.29) is 6.61 Å². The Hall–Kier alpha value is -4.56. The molecule has 0 bridgehead atoms. The lowest BCUT2D eigenvalue weighted by Crippen LogP contribution is -2.33. The van der Waals surface area contributed by atoms with Crippen molar-refractivity contribution in [3.8, 4) is 11.8 Å². The molecule has 4 aromatic rings. The average molecular weight is 504 g/mol. The van der Waals surface area contributed by atoms with Crippen LogP contribution in [-0.2, 0) is 11.4 Å². The number of carbonyl (C=O) groups excluding carboxylic acids is 1. The van der Waals surface area contributed by atoms with Gasteiger partial charge < -0.3 is 11.1 Å². The minimum atomic E-state index is -0.714. The third-order valence-corrected chi connectivity index (χ3v) is 6.04. The Morgan fingerprint density at radius 3 is 2.73 bits per heavy atom. The second-order valence-corrected chi connectivity index (χ2v) is 8.50. The zero-order valence-corrected chi connectivity index (χ0v) is 20.1. The molecule has 3 N–H and O–H groups in total. The highest BCUT2D eigenvalue weighted by atomic mass is 19.1. The number of nitrogens with one attached hydrogen (secondary N) is 1. The smallest absolute Gasteiger partial charge is 0.346 e. The molecule has 2 aromatic heterocycles. The number of anilines is 2. The number of rotatable bonds is 3. The fourth-order valence-corrected chi connectivity index (χ4v) is 4.22. The van der Waals surface area contributed by atoms with E-state index in [1.165, 1.54) is 18.5 Å². The third-order valence-electron chi connectivity index (χ3n) is 6.04. The highest BCUT2D eigenvalue weighted by Gasteiger charge is 2.32. The summed E-state index contributed by atoms with van der Waals surface area (Å²) >= 11 is 0. The first kappa shape index (κ1) is 24.1. The standard InChI is InChI=1S/C26H23F2N7O2/c1-3-34-25-23(24(29)30-14-31-25)21(33-34)7-5-16-12-20(6-4-15(16)2)32-26(36)35-22(8-9-37-35)17-10-18(27)13-19(28)11-17/h4,6,10-14,22H,3,8-9H2,1-2H3,(H,32,36)(H2,29,30,31)/t22-/m1/s1. The van der Waals surface area contributed by atoms with E-state index in [9.17, 15) is 13.6 Å². The van der Waals surface area contributed by atoms with Gasteiger partial charge >= 0.3 is 6.03 Å². The van der Waals surface area contributed by atoms with E-state index in [1.807, 2.05) is 19.9 Å². The summed E-state index contributed by atoms with van der Waals surface area (Å²) in [4.78, 5) is 26.8. The van der Waals surface area contributed by atoms with Crippen LogP contribution in [0.1, 0.15) is 41.8 Å². The van der Waals surface area contributed by atoms with Gasteiger partial charge in [0.15, 0.2) is 5.65 Å². The maximum atomic E-state index is 13.7. The van der Waals surface area contributed by atoms with E-state index in [2.05, 4.69) is 32.2 Å². The molecule has 188 valence electrons. The molecular formula is C26H23F2N7O2. The predicted octanol–water partition coefficient (Wildman–Crippen LogP) is 4.33. The van der Waals surface area contributed by atoms with Crippen molar-refractivity contribution in [3.63, 3.8) is 0 Å². The summed E-state index contributed by atoms with van der Waals surface area (Å²) in [5, 5.41) is 8.97. The minimum absolute atomic E-state index is 0.242. The van der Waals surface area contributed by atoms with Gasteiger partial charge in [0.05, 0.1) is 18.0 Å². The van der Waals surface area contributed by atoms with E-state index in [0.717, 1.165) is 16.7 Å². The number of hydrogen-bond donors (Lipinski definition) is 2. The number of nitrogens with zero attached hydrogens (tertiary/aromatic N) is 5. The van der Waals surface area contributed by atoms with Gasteiger partial charge in [0, 0.05) is 30.3 Å². The number of nitrogens with two attached hydrogens (primary N) is 1. The van der Waals surface area contributed by atoms with Gasteiger partial charge in [0.25, 0.3) is 0 Å². The van der Waals surface area contributed by atoms with Crippen molar-refractivity contribution in [2.45, 2.75) is 32.9 Å². The number of amides is 2. The summed E-state index contributed by atoms with van der Waals surface area (Å²) < 4.78 is 29.2. The first-order valence-corrected chi connectivity index (χ1v) is 11.6. The van der Waals surface area contributed by atoms with Crippen LogP contribution in [0, 0.1) is 30.4 Å². The Labute approximate surface area is 211 Å². The Balaban J connectivity index is 1.40. The fraction of sp³-hybridized carbons (Fsp3) is 0.231. The predicted molar refractivity (Wildman–Crippen MR) is 133 cm³/mol. The molecule has 0 unspecified atom stereocenters. The first-order chi connectivity index (χ1) is 17.8. The Morgan fingerprint density at radius 1 is 1.19 bits per heavy atom. The zero-order valence-electron chi connectivity index (χ0n) is 20.1. The van der Waals surface area contributed by atoms with Crippen LogP contribution in [0.4, 0.5) is 25.1 Å². The summed E-state index contributed by atoms with van der Waals surface area (Å²) in [6.45, 7) is 4.68. The molecule has 0 spiro atoms. The van der Waals surface area contributed by atoms with E-state index in [1.54, 1.807) is 16.8 Å². The van der Waals surface area contributed by atoms with Crippen molar-refractivity contribution in [2.75, 3.05) is 17.7 Å². The number of carbonyl (C=O) groups is 1. The van der Waals surface area contributed by atoms with Gasteiger partial charge in [0.2, 0.25) is 0 Å². The van der Waals surface area contributed by atoms with Crippen LogP contribution in [0.3, 0.4) is 0 Å². The topological polar surface area (TPSA) is 111 Å². The summed E-state index contributed by atoms with van der Waals surface area (Å²) in [7, 11) is 0. The summed E-state index contributed by atoms with van der Waals surface area (Å²) in [5.74, 6) is 5.02. The number of halogens is 2. The maximum Gasteiger partial charge on any atom is 0.346 e. The molecule has 1 atom stereocenters. The number of nitrogen functional groups attached to an aromatic ring is 1. The highest BCUT2D eigenvalue weighted by molar-refractivity contribution is 5.91. The molecule has 0 radical (unpaired) electrons.